The van der Waals surface area contributed by atoms with Crippen molar-refractivity contribution in [1.29, 1.82) is 0 Å². The number of rotatable bonds is 5. The van der Waals surface area contributed by atoms with Gasteiger partial charge in [0.2, 0.25) is 5.89 Å². The molecule has 1 heterocycles. The standard InChI is InChI=1S/C17H23FN2O/c1-17(2,3)15-11-19-16(21-15)12-20(4)10-9-13-5-7-14(18)8-6-13/h5-8,11H,9-10,12H2,1-4H3. The first kappa shape index (κ1) is 15.7. The molecule has 2 rings (SSSR count). The number of hydrogen-bond acceptors (Lipinski definition) is 3. The molecule has 0 aliphatic rings. The summed E-state index contributed by atoms with van der Waals surface area (Å²) in [5.41, 5.74) is 1.11. The quantitative estimate of drug-likeness (QED) is 0.839. The SMILES string of the molecule is CN(CCc1ccc(F)cc1)Cc1ncc(C(C)(C)C)o1. The summed E-state index contributed by atoms with van der Waals surface area (Å²) in [4.78, 5) is 6.49. The maximum Gasteiger partial charge on any atom is 0.208 e. The second-order valence-electron chi connectivity index (χ2n) is 6.48. The first-order valence-electron chi connectivity index (χ1n) is 7.23. The monoisotopic (exact) mass is 290 g/mol. The summed E-state index contributed by atoms with van der Waals surface area (Å²) in [6.45, 7) is 7.87. The number of halogens is 1. The van der Waals surface area contributed by atoms with Gasteiger partial charge in [0.25, 0.3) is 0 Å². The highest BCUT2D eigenvalue weighted by molar-refractivity contribution is 5.16. The van der Waals surface area contributed by atoms with E-state index >= 15 is 0 Å². The Labute approximate surface area is 125 Å². The molecular weight excluding hydrogens is 267 g/mol. The molecule has 0 fully saturated rings. The second-order valence-corrected chi connectivity index (χ2v) is 6.48. The Morgan fingerprint density at radius 1 is 1.19 bits per heavy atom. The van der Waals surface area contributed by atoms with Crippen molar-refractivity contribution in [3.05, 3.63) is 53.5 Å². The highest BCUT2D eigenvalue weighted by Gasteiger charge is 2.19. The summed E-state index contributed by atoms with van der Waals surface area (Å²) in [6.07, 6.45) is 2.69. The van der Waals surface area contributed by atoms with Crippen molar-refractivity contribution < 1.29 is 8.81 Å². The van der Waals surface area contributed by atoms with Gasteiger partial charge < -0.3 is 4.42 Å². The molecule has 2 aromatic rings. The van der Waals surface area contributed by atoms with Crippen molar-refractivity contribution >= 4 is 0 Å². The topological polar surface area (TPSA) is 29.3 Å². The predicted molar refractivity (Wildman–Crippen MR) is 81.6 cm³/mol. The summed E-state index contributed by atoms with van der Waals surface area (Å²) < 4.78 is 18.6. The molecule has 0 radical (unpaired) electrons. The van der Waals surface area contributed by atoms with Gasteiger partial charge in [-0.1, -0.05) is 32.9 Å². The molecule has 0 saturated heterocycles. The zero-order valence-corrected chi connectivity index (χ0v) is 13.2. The number of oxazole rings is 1. The molecule has 0 spiro atoms. The van der Waals surface area contributed by atoms with Crippen LogP contribution in [0.3, 0.4) is 0 Å². The maximum atomic E-state index is 12.8. The fourth-order valence-electron chi connectivity index (χ4n) is 2.01. The summed E-state index contributed by atoms with van der Waals surface area (Å²) in [7, 11) is 2.03. The van der Waals surface area contributed by atoms with Gasteiger partial charge >= 0.3 is 0 Å². The molecule has 114 valence electrons. The normalized spacial score (nSPS) is 12.1. The molecule has 0 N–H and O–H groups in total. The minimum atomic E-state index is -0.193. The van der Waals surface area contributed by atoms with Gasteiger partial charge in [-0.3, -0.25) is 4.90 Å². The molecule has 1 aromatic heterocycles. The van der Waals surface area contributed by atoms with E-state index in [0.717, 1.165) is 30.2 Å². The zero-order valence-electron chi connectivity index (χ0n) is 13.2. The third kappa shape index (κ3) is 4.67. The van der Waals surface area contributed by atoms with Crippen molar-refractivity contribution in [1.82, 2.24) is 9.88 Å². The number of likely N-dealkylation sites (N-methyl/N-ethyl adjacent to an activating group) is 1. The molecule has 0 amide bonds. The summed E-state index contributed by atoms with van der Waals surface area (Å²) in [5, 5.41) is 0. The van der Waals surface area contributed by atoms with Crippen LogP contribution in [0.1, 0.15) is 38.0 Å². The van der Waals surface area contributed by atoms with E-state index < -0.39 is 0 Å². The van der Waals surface area contributed by atoms with Crippen LogP contribution < -0.4 is 0 Å². The Balaban J connectivity index is 1.85. The molecule has 4 heteroatoms. The van der Waals surface area contributed by atoms with Crippen molar-refractivity contribution in [2.45, 2.75) is 39.2 Å². The summed E-state index contributed by atoms with van der Waals surface area (Å²) in [6, 6.07) is 6.65. The molecular formula is C17H23FN2O. The number of hydrogen-bond donors (Lipinski definition) is 0. The minimum Gasteiger partial charge on any atom is -0.444 e. The smallest absolute Gasteiger partial charge is 0.208 e. The fraction of sp³-hybridized carbons (Fsp3) is 0.471. The van der Waals surface area contributed by atoms with E-state index in [1.165, 1.54) is 12.1 Å². The van der Waals surface area contributed by atoms with E-state index in [4.69, 9.17) is 4.42 Å². The third-order valence-electron chi connectivity index (χ3n) is 3.39. The van der Waals surface area contributed by atoms with Crippen LogP contribution in [-0.2, 0) is 18.4 Å². The molecule has 0 aliphatic carbocycles. The highest BCUT2D eigenvalue weighted by atomic mass is 19.1. The van der Waals surface area contributed by atoms with E-state index in [1.807, 2.05) is 25.4 Å². The first-order valence-corrected chi connectivity index (χ1v) is 7.23. The Morgan fingerprint density at radius 2 is 1.86 bits per heavy atom. The molecule has 0 bridgehead atoms. The van der Waals surface area contributed by atoms with Gasteiger partial charge in [-0.2, -0.15) is 0 Å². The summed E-state index contributed by atoms with van der Waals surface area (Å²) in [5.74, 6) is 1.45. The van der Waals surface area contributed by atoms with Crippen molar-refractivity contribution in [3.63, 3.8) is 0 Å². The predicted octanol–water partition coefficient (Wildman–Crippen LogP) is 3.79. The highest BCUT2D eigenvalue weighted by Crippen LogP contribution is 2.22. The molecule has 0 aliphatic heterocycles. The van der Waals surface area contributed by atoms with Gasteiger partial charge in [-0.05, 0) is 31.2 Å². The Hall–Kier alpha value is -1.68. The maximum absolute atomic E-state index is 12.8. The third-order valence-corrected chi connectivity index (χ3v) is 3.39. The lowest BCUT2D eigenvalue weighted by Crippen LogP contribution is -2.21. The molecule has 3 nitrogen and oxygen atoms in total. The lowest BCUT2D eigenvalue weighted by molar-refractivity contribution is 0.278. The van der Waals surface area contributed by atoms with Gasteiger partial charge in [-0.25, -0.2) is 9.37 Å². The zero-order chi connectivity index (χ0) is 15.5. The second kappa shape index (κ2) is 6.39. The van der Waals surface area contributed by atoms with E-state index in [0.29, 0.717) is 6.54 Å². The lowest BCUT2D eigenvalue weighted by Gasteiger charge is -2.15. The van der Waals surface area contributed by atoms with Crippen LogP contribution in [0.25, 0.3) is 0 Å². The van der Waals surface area contributed by atoms with E-state index in [9.17, 15) is 4.39 Å². The number of aromatic nitrogens is 1. The van der Waals surface area contributed by atoms with Crippen molar-refractivity contribution in [3.8, 4) is 0 Å². The van der Waals surface area contributed by atoms with E-state index in [2.05, 4.69) is 30.7 Å². The molecule has 0 atom stereocenters. The van der Waals surface area contributed by atoms with Gasteiger partial charge in [0.15, 0.2) is 0 Å². The van der Waals surface area contributed by atoms with E-state index in [-0.39, 0.29) is 11.2 Å². The Bertz CT molecular complexity index is 569. The molecule has 1 aromatic carbocycles. The molecule has 0 unspecified atom stereocenters. The van der Waals surface area contributed by atoms with Crippen molar-refractivity contribution in [2.75, 3.05) is 13.6 Å². The molecule has 0 saturated carbocycles. The lowest BCUT2D eigenvalue weighted by atomic mass is 9.94. The van der Waals surface area contributed by atoms with Crippen LogP contribution >= 0.6 is 0 Å². The van der Waals surface area contributed by atoms with Gasteiger partial charge in [0, 0.05) is 12.0 Å². The fourth-order valence-corrected chi connectivity index (χ4v) is 2.01. The summed E-state index contributed by atoms with van der Waals surface area (Å²) >= 11 is 0. The van der Waals surface area contributed by atoms with Gasteiger partial charge in [-0.15, -0.1) is 0 Å². The van der Waals surface area contributed by atoms with Crippen LogP contribution in [0, 0.1) is 5.82 Å². The van der Waals surface area contributed by atoms with Gasteiger partial charge in [0.1, 0.15) is 11.6 Å². The van der Waals surface area contributed by atoms with E-state index in [1.54, 1.807) is 0 Å². The minimum absolute atomic E-state index is 0.0159. The van der Waals surface area contributed by atoms with Crippen molar-refractivity contribution in [2.24, 2.45) is 0 Å². The molecule has 21 heavy (non-hydrogen) atoms. The van der Waals surface area contributed by atoms with Gasteiger partial charge in [0.05, 0.1) is 12.7 Å². The van der Waals surface area contributed by atoms with Crippen LogP contribution in [0.5, 0.6) is 0 Å². The average molecular weight is 290 g/mol. The largest absolute Gasteiger partial charge is 0.444 e. The van der Waals surface area contributed by atoms with Crippen LogP contribution in [0.4, 0.5) is 4.39 Å². The number of nitrogens with zero attached hydrogens (tertiary/aromatic N) is 2. The van der Waals surface area contributed by atoms with Crippen LogP contribution in [0.15, 0.2) is 34.9 Å². The Kier molecular flexibility index (Phi) is 4.78. The average Bonchev–Trinajstić information content (AvgIpc) is 2.86. The van der Waals surface area contributed by atoms with Crippen LogP contribution in [0.2, 0.25) is 0 Å². The first-order chi connectivity index (χ1) is 9.84. The van der Waals surface area contributed by atoms with Crippen LogP contribution in [-0.4, -0.2) is 23.5 Å². The Morgan fingerprint density at radius 3 is 2.43 bits per heavy atom. The number of benzene rings is 1.